The van der Waals surface area contributed by atoms with E-state index in [2.05, 4.69) is 5.32 Å². The maximum absolute atomic E-state index is 14.4. The highest BCUT2D eigenvalue weighted by molar-refractivity contribution is 6.07. The van der Waals surface area contributed by atoms with Crippen LogP contribution in [0.3, 0.4) is 0 Å². The van der Waals surface area contributed by atoms with E-state index >= 15 is 0 Å². The summed E-state index contributed by atoms with van der Waals surface area (Å²) in [4.78, 5) is 37.4. The van der Waals surface area contributed by atoms with Crippen LogP contribution in [0.1, 0.15) is 25.0 Å². The number of halogens is 2. The predicted molar refractivity (Wildman–Crippen MR) is 89.4 cm³/mol. The maximum Gasteiger partial charge on any atom is 0.415 e. The van der Waals surface area contributed by atoms with E-state index in [-0.39, 0.29) is 29.4 Å². The van der Waals surface area contributed by atoms with Crippen molar-refractivity contribution in [1.29, 1.82) is 0 Å². The summed E-state index contributed by atoms with van der Waals surface area (Å²) in [5.41, 5.74) is 0.132. The second kappa shape index (κ2) is 5.93. The van der Waals surface area contributed by atoms with Crippen LogP contribution in [0.4, 0.5) is 25.0 Å². The quantitative estimate of drug-likeness (QED) is 0.885. The van der Waals surface area contributed by atoms with Crippen molar-refractivity contribution in [2.45, 2.75) is 38.8 Å². The van der Waals surface area contributed by atoms with Gasteiger partial charge in [-0.1, -0.05) is 0 Å². The number of cyclic esters (lactones) is 1. The molecule has 0 saturated carbocycles. The number of rotatable bonds is 3. The van der Waals surface area contributed by atoms with Gasteiger partial charge in [-0.15, -0.1) is 0 Å². The van der Waals surface area contributed by atoms with Crippen molar-refractivity contribution < 1.29 is 27.9 Å². The summed E-state index contributed by atoms with van der Waals surface area (Å²) in [6, 6.07) is 2.45. The number of fused-ring (bicyclic) bond motifs is 1. The molecule has 2 heterocycles. The summed E-state index contributed by atoms with van der Waals surface area (Å²) >= 11 is 0. The molecule has 0 bridgehead atoms. The minimum absolute atomic E-state index is 0.122. The Morgan fingerprint density at radius 1 is 1.31 bits per heavy atom. The van der Waals surface area contributed by atoms with E-state index in [4.69, 9.17) is 4.74 Å². The smallest absolute Gasteiger partial charge is 0.415 e. The molecule has 3 amide bonds. The molecule has 1 N–H and O–H groups in total. The molecule has 0 aliphatic carbocycles. The molecule has 1 fully saturated rings. The van der Waals surface area contributed by atoms with Gasteiger partial charge in [0.1, 0.15) is 6.10 Å². The highest BCUT2D eigenvalue weighted by Gasteiger charge is 2.53. The number of carbonyl (C=O) groups is 3. The molecule has 2 atom stereocenters. The minimum Gasteiger partial charge on any atom is -0.442 e. The maximum atomic E-state index is 14.4. The van der Waals surface area contributed by atoms with Crippen LogP contribution in [0.5, 0.6) is 0 Å². The van der Waals surface area contributed by atoms with Crippen LogP contribution in [0.2, 0.25) is 0 Å². The number of hydrogen-bond acceptors (Lipinski definition) is 4. The van der Waals surface area contributed by atoms with Crippen molar-refractivity contribution in [3.05, 3.63) is 23.3 Å². The number of nitrogens with zero attached hydrogens (tertiary/aromatic N) is 2. The normalized spacial score (nSPS) is 23.9. The average Bonchev–Trinajstić information content (AvgIpc) is 2.93. The molecular formula is C17H19F2N3O4. The lowest BCUT2D eigenvalue weighted by Crippen LogP contribution is -2.40. The monoisotopic (exact) mass is 367 g/mol. The van der Waals surface area contributed by atoms with Crippen molar-refractivity contribution in [3.63, 3.8) is 0 Å². The Kier molecular flexibility index (Phi) is 4.12. The first-order chi connectivity index (χ1) is 12.1. The minimum atomic E-state index is -3.65. The fraction of sp³-hybridized carbons (Fsp3) is 0.471. The van der Waals surface area contributed by atoms with Crippen LogP contribution in [0, 0.1) is 6.92 Å². The molecule has 0 spiro atoms. The Labute approximate surface area is 148 Å². The van der Waals surface area contributed by atoms with Gasteiger partial charge in [0, 0.05) is 14.0 Å². The Bertz CT molecular complexity index is 811. The first kappa shape index (κ1) is 18.1. The third kappa shape index (κ3) is 2.49. The summed E-state index contributed by atoms with van der Waals surface area (Å²) in [7, 11) is 1.29. The molecule has 140 valence electrons. The average molecular weight is 367 g/mol. The summed E-state index contributed by atoms with van der Waals surface area (Å²) < 4.78 is 34.1. The van der Waals surface area contributed by atoms with Gasteiger partial charge >= 0.3 is 17.9 Å². The number of carbonyl (C=O) groups excluding carboxylic acids is 3. The van der Waals surface area contributed by atoms with Gasteiger partial charge in [-0.05, 0) is 31.5 Å². The third-order valence-electron chi connectivity index (χ3n) is 4.87. The zero-order valence-corrected chi connectivity index (χ0v) is 14.8. The van der Waals surface area contributed by atoms with Crippen molar-refractivity contribution in [1.82, 2.24) is 5.32 Å². The number of nitrogens with one attached hydrogen (secondary N) is 1. The molecule has 26 heavy (non-hydrogen) atoms. The molecule has 1 aromatic carbocycles. The number of alkyl halides is 2. The third-order valence-corrected chi connectivity index (χ3v) is 4.87. The second-order valence-corrected chi connectivity index (χ2v) is 6.51. The molecule has 1 aromatic rings. The highest BCUT2D eigenvalue weighted by Crippen LogP contribution is 2.48. The SMILES string of the molecule is CC(=O)NC[C@@H]1OC(=O)N(c2ccc3c(c2C)C(F)(F)C(=O)N3C)[C@H]1C. The van der Waals surface area contributed by atoms with Crippen LogP contribution in [0.15, 0.2) is 12.1 Å². The van der Waals surface area contributed by atoms with Crippen LogP contribution < -0.4 is 15.1 Å². The van der Waals surface area contributed by atoms with Gasteiger partial charge < -0.3 is 15.0 Å². The van der Waals surface area contributed by atoms with E-state index in [1.807, 2.05) is 0 Å². The van der Waals surface area contributed by atoms with Crippen molar-refractivity contribution >= 4 is 29.3 Å². The van der Waals surface area contributed by atoms with Gasteiger partial charge in [0.05, 0.1) is 29.5 Å². The Morgan fingerprint density at radius 3 is 2.54 bits per heavy atom. The zero-order valence-electron chi connectivity index (χ0n) is 14.8. The van der Waals surface area contributed by atoms with E-state index in [0.717, 1.165) is 4.90 Å². The lowest BCUT2D eigenvalue weighted by Gasteiger charge is -2.24. The van der Waals surface area contributed by atoms with Gasteiger partial charge in [-0.2, -0.15) is 8.78 Å². The van der Waals surface area contributed by atoms with Crippen molar-refractivity contribution in [3.8, 4) is 0 Å². The van der Waals surface area contributed by atoms with E-state index in [9.17, 15) is 23.2 Å². The van der Waals surface area contributed by atoms with E-state index in [0.29, 0.717) is 0 Å². The molecule has 0 radical (unpaired) electrons. The predicted octanol–water partition coefficient (Wildman–Crippen LogP) is 1.91. The molecular weight excluding hydrogens is 348 g/mol. The number of amides is 3. The number of benzene rings is 1. The molecule has 3 rings (SSSR count). The molecule has 2 aliphatic rings. The summed E-state index contributed by atoms with van der Waals surface area (Å²) in [6.45, 7) is 4.63. The molecule has 9 heteroatoms. The fourth-order valence-corrected chi connectivity index (χ4v) is 3.44. The van der Waals surface area contributed by atoms with E-state index in [1.165, 1.54) is 37.9 Å². The number of likely N-dealkylation sites (N-methyl/N-ethyl adjacent to an activating group) is 1. The van der Waals surface area contributed by atoms with Gasteiger partial charge in [-0.25, -0.2) is 4.79 Å². The van der Waals surface area contributed by atoms with E-state index in [1.54, 1.807) is 6.92 Å². The summed E-state index contributed by atoms with van der Waals surface area (Å²) in [5, 5.41) is 2.58. The Balaban J connectivity index is 1.99. The van der Waals surface area contributed by atoms with Crippen LogP contribution >= 0.6 is 0 Å². The Hall–Kier alpha value is -2.71. The lowest BCUT2D eigenvalue weighted by atomic mass is 10.00. The molecule has 0 unspecified atom stereocenters. The van der Waals surface area contributed by atoms with E-state index < -0.39 is 35.6 Å². The zero-order chi connectivity index (χ0) is 19.4. The van der Waals surface area contributed by atoms with Gasteiger partial charge in [-0.3, -0.25) is 14.5 Å². The lowest BCUT2D eigenvalue weighted by molar-refractivity contribution is -0.141. The molecule has 1 saturated heterocycles. The largest absolute Gasteiger partial charge is 0.442 e. The standard InChI is InChI=1S/C17H19F2N3O4/c1-8-11(5-6-12-14(8)17(18,19)15(24)21(12)4)22-9(2)13(26-16(22)25)7-20-10(3)23/h5-6,9,13H,7H2,1-4H3,(H,20,23)/t9-,13-/m0/s1. The first-order valence-corrected chi connectivity index (χ1v) is 8.11. The topological polar surface area (TPSA) is 79.0 Å². The number of anilines is 2. The second-order valence-electron chi connectivity index (χ2n) is 6.51. The van der Waals surface area contributed by atoms with Gasteiger partial charge in [0.2, 0.25) is 5.91 Å². The molecule has 7 nitrogen and oxygen atoms in total. The molecule has 0 aromatic heterocycles. The summed E-state index contributed by atoms with van der Waals surface area (Å²) in [5.74, 6) is -5.21. The van der Waals surface area contributed by atoms with Crippen molar-refractivity contribution in [2.24, 2.45) is 0 Å². The van der Waals surface area contributed by atoms with Crippen LogP contribution in [-0.4, -0.2) is 43.6 Å². The van der Waals surface area contributed by atoms with Gasteiger partial charge in [0.25, 0.3) is 0 Å². The van der Waals surface area contributed by atoms with Crippen LogP contribution in [0.25, 0.3) is 0 Å². The van der Waals surface area contributed by atoms with Crippen molar-refractivity contribution in [2.75, 3.05) is 23.4 Å². The Morgan fingerprint density at radius 2 is 1.92 bits per heavy atom. The van der Waals surface area contributed by atoms with Gasteiger partial charge in [0.15, 0.2) is 0 Å². The van der Waals surface area contributed by atoms with Crippen LogP contribution in [-0.2, 0) is 20.2 Å². The first-order valence-electron chi connectivity index (χ1n) is 8.11. The summed E-state index contributed by atoms with van der Waals surface area (Å²) in [6.07, 6.45) is -1.29. The highest BCUT2D eigenvalue weighted by atomic mass is 19.3. The number of ether oxygens (including phenoxy) is 1. The number of hydrogen-bond donors (Lipinski definition) is 1. The fourth-order valence-electron chi connectivity index (χ4n) is 3.44. The molecule has 2 aliphatic heterocycles.